The first-order chi connectivity index (χ1) is 15.3. The van der Waals surface area contributed by atoms with Crippen LogP contribution in [0.25, 0.3) is 11.3 Å². The Morgan fingerprint density at radius 1 is 1.15 bits per heavy atom. The number of carbonyl (C=O) groups is 2. The molecule has 33 heavy (non-hydrogen) atoms. The number of nitrogens with zero attached hydrogens (tertiary/aromatic N) is 2. The van der Waals surface area contributed by atoms with Gasteiger partial charge in [-0.1, -0.05) is 0 Å². The molecule has 0 atom stereocenters. The number of rotatable bonds is 7. The first-order valence-electron chi connectivity index (χ1n) is 9.86. The number of benzene rings is 1. The Balaban J connectivity index is 2.10. The number of fused-ring (bicyclic) bond motifs is 3. The van der Waals surface area contributed by atoms with Gasteiger partial charge in [-0.15, -0.1) is 0 Å². The molecule has 0 spiro atoms. The molecule has 180 valence electrons. The number of carboxylic acids is 1. The Morgan fingerprint density at radius 2 is 1.85 bits per heavy atom. The van der Waals surface area contributed by atoms with Crippen LogP contribution in [-0.2, 0) is 30.6 Å². The summed E-state index contributed by atoms with van der Waals surface area (Å²) < 4.78 is 82.0. The van der Waals surface area contributed by atoms with E-state index in [-0.39, 0.29) is 48.4 Å². The number of hydrogen-bond acceptors (Lipinski definition) is 5. The minimum atomic E-state index is -5.33. The van der Waals surface area contributed by atoms with Crippen molar-refractivity contribution in [2.75, 3.05) is 6.54 Å². The van der Waals surface area contributed by atoms with Crippen molar-refractivity contribution in [3.63, 3.8) is 0 Å². The van der Waals surface area contributed by atoms with Crippen LogP contribution in [0, 0.1) is 0 Å². The molecule has 7 nitrogen and oxygen atoms in total. The summed E-state index contributed by atoms with van der Waals surface area (Å²) in [7, 11) is 0. The van der Waals surface area contributed by atoms with Gasteiger partial charge in [-0.25, -0.2) is 9.59 Å². The van der Waals surface area contributed by atoms with Crippen molar-refractivity contribution in [3.8, 4) is 17.0 Å². The number of esters is 1. The van der Waals surface area contributed by atoms with Crippen molar-refractivity contribution < 1.29 is 45.8 Å². The van der Waals surface area contributed by atoms with Crippen molar-refractivity contribution >= 4 is 11.9 Å². The highest BCUT2D eigenvalue weighted by Crippen LogP contribution is 2.40. The number of hydrogen-bond donors (Lipinski definition) is 2. The molecule has 0 unspecified atom stereocenters. The maximum atomic E-state index is 12.8. The Hall–Kier alpha value is -3.09. The van der Waals surface area contributed by atoms with Crippen LogP contribution in [-0.4, -0.2) is 45.7 Å². The van der Waals surface area contributed by atoms with Gasteiger partial charge in [0.25, 0.3) is 0 Å². The zero-order valence-corrected chi connectivity index (χ0v) is 17.0. The number of carbonyl (C=O) groups excluding carboxylic acids is 1. The van der Waals surface area contributed by atoms with Gasteiger partial charge in [0.1, 0.15) is 11.4 Å². The molecule has 3 rings (SSSR count). The summed E-state index contributed by atoms with van der Waals surface area (Å²) in [5, 5.41) is 13.9. The smallest absolute Gasteiger partial charge is 0.477 e. The van der Waals surface area contributed by atoms with Gasteiger partial charge in [-0.05, 0) is 55.5 Å². The van der Waals surface area contributed by atoms with Crippen molar-refractivity contribution in [2.24, 2.45) is 5.73 Å². The van der Waals surface area contributed by atoms with Crippen LogP contribution in [0.1, 0.15) is 40.0 Å². The highest BCUT2D eigenvalue weighted by molar-refractivity contribution is 5.91. The monoisotopic (exact) mass is 479 g/mol. The summed E-state index contributed by atoms with van der Waals surface area (Å²) in [5.41, 5.74) is 6.38. The number of nitrogens with two attached hydrogens (primary N) is 1. The van der Waals surface area contributed by atoms with E-state index in [4.69, 9.17) is 5.73 Å². The van der Waals surface area contributed by atoms with Crippen molar-refractivity contribution in [3.05, 3.63) is 34.5 Å². The van der Waals surface area contributed by atoms with Gasteiger partial charge >= 0.3 is 24.3 Å². The summed E-state index contributed by atoms with van der Waals surface area (Å²) in [4.78, 5) is 23.1. The van der Waals surface area contributed by atoms with E-state index >= 15 is 0 Å². The number of carboxylic acid groups (broad SMARTS) is 1. The first-order valence-corrected chi connectivity index (χ1v) is 9.86. The van der Waals surface area contributed by atoms with Gasteiger partial charge in [0, 0.05) is 24.1 Å². The molecule has 2 aromatic rings. The Morgan fingerprint density at radius 3 is 2.42 bits per heavy atom. The molecule has 0 fully saturated rings. The van der Waals surface area contributed by atoms with Crippen LogP contribution in [0.2, 0.25) is 0 Å². The van der Waals surface area contributed by atoms with E-state index in [0.29, 0.717) is 17.5 Å². The molecule has 1 aromatic heterocycles. The summed E-state index contributed by atoms with van der Waals surface area (Å²) in [6.07, 6.45) is -11.3. The number of alkyl halides is 6. The second-order valence-corrected chi connectivity index (χ2v) is 7.47. The maximum absolute atomic E-state index is 12.8. The number of aromatic carboxylic acids is 1. The van der Waals surface area contributed by atoms with Gasteiger partial charge in [0.05, 0.1) is 5.69 Å². The molecule has 0 saturated carbocycles. The Bertz CT molecular complexity index is 1080. The van der Waals surface area contributed by atoms with Gasteiger partial charge in [0.15, 0.2) is 0 Å². The van der Waals surface area contributed by atoms with E-state index in [0.717, 1.165) is 6.07 Å². The zero-order valence-electron chi connectivity index (χ0n) is 17.0. The standard InChI is InChI=1S/C20H19F6N3O4/c21-19(22,23)5-4-11-8-13-10(9-14(11)33-18(32)20(24,25)26)2-3-12-15(13)28-29(7-1-6-27)16(12)17(30)31/h8-9H,1-7,27H2,(H,30,31). The van der Waals surface area contributed by atoms with Crippen LogP contribution in [0.5, 0.6) is 5.75 Å². The van der Waals surface area contributed by atoms with Gasteiger partial charge in [0.2, 0.25) is 0 Å². The second-order valence-electron chi connectivity index (χ2n) is 7.47. The van der Waals surface area contributed by atoms with Crippen LogP contribution in [0.3, 0.4) is 0 Å². The van der Waals surface area contributed by atoms with Crippen LogP contribution in [0.15, 0.2) is 12.1 Å². The van der Waals surface area contributed by atoms with E-state index in [9.17, 15) is 41.0 Å². The van der Waals surface area contributed by atoms with Crippen LogP contribution in [0.4, 0.5) is 26.3 Å². The predicted molar refractivity (Wildman–Crippen MR) is 102 cm³/mol. The van der Waals surface area contributed by atoms with Crippen molar-refractivity contribution in [2.45, 2.75) is 51.0 Å². The van der Waals surface area contributed by atoms with Gasteiger partial charge in [-0.3, -0.25) is 4.68 Å². The lowest BCUT2D eigenvalue weighted by molar-refractivity contribution is -0.189. The Labute approximate surface area is 183 Å². The van der Waals surface area contributed by atoms with Crippen molar-refractivity contribution in [1.82, 2.24) is 9.78 Å². The third-order valence-corrected chi connectivity index (χ3v) is 5.12. The maximum Gasteiger partial charge on any atom is 0.491 e. The van der Waals surface area contributed by atoms with E-state index in [1.54, 1.807) is 0 Å². The van der Waals surface area contributed by atoms with Gasteiger partial charge in [-0.2, -0.15) is 31.4 Å². The molecular weight excluding hydrogens is 460 g/mol. The molecule has 1 aromatic carbocycles. The zero-order chi connectivity index (χ0) is 24.6. The summed E-state index contributed by atoms with van der Waals surface area (Å²) >= 11 is 0. The molecule has 1 aliphatic carbocycles. The van der Waals surface area contributed by atoms with E-state index in [1.165, 1.54) is 10.7 Å². The highest BCUT2D eigenvalue weighted by atomic mass is 19.4. The topological polar surface area (TPSA) is 107 Å². The average Bonchev–Trinajstić information content (AvgIpc) is 3.08. The fourth-order valence-corrected chi connectivity index (χ4v) is 3.67. The second kappa shape index (κ2) is 9.04. The van der Waals surface area contributed by atoms with Gasteiger partial charge < -0.3 is 15.6 Å². The molecule has 3 N–H and O–H groups in total. The molecular formula is C20H19F6N3O4. The SMILES string of the molecule is NCCCn1nc2c(c1C(=O)O)CCc1cc(OC(=O)C(F)(F)F)c(CCC(F)(F)F)cc1-2. The number of aromatic nitrogens is 2. The predicted octanol–water partition coefficient (Wildman–Crippen LogP) is 3.66. The normalized spacial score (nSPS) is 13.4. The molecule has 0 saturated heterocycles. The third-order valence-electron chi connectivity index (χ3n) is 5.12. The number of aryl methyl sites for hydroxylation is 3. The summed E-state index contributed by atoms with van der Waals surface area (Å²) in [6, 6.07) is 2.27. The quantitative estimate of drug-likeness (QED) is 0.357. The molecule has 0 aliphatic heterocycles. The lowest BCUT2D eigenvalue weighted by Crippen LogP contribution is -2.28. The van der Waals surface area contributed by atoms with E-state index in [2.05, 4.69) is 9.84 Å². The summed E-state index contributed by atoms with van der Waals surface area (Å²) in [6.45, 7) is 0.471. The first kappa shape index (κ1) is 24.6. The highest BCUT2D eigenvalue weighted by Gasteiger charge is 2.42. The molecule has 1 aliphatic rings. The van der Waals surface area contributed by atoms with E-state index in [1.807, 2.05) is 0 Å². The summed E-state index contributed by atoms with van der Waals surface area (Å²) in [5.74, 6) is -4.41. The molecule has 1 heterocycles. The fraction of sp³-hybridized carbons (Fsp3) is 0.450. The third kappa shape index (κ3) is 5.46. The van der Waals surface area contributed by atoms with Crippen molar-refractivity contribution in [1.29, 1.82) is 0 Å². The van der Waals surface area contributed by atoms with Crippen LogP contribution >= 0.6 is 0 Å². The Kier molecular flexibility index (Phi) is 6.73. The number of ether oxygens (including phenoxy) is 1. The lowest BCUT2D eigenvalue weighted by Gasteiger charge is -2.20. The minimum absolute atomic E-state index is 0.0754. The largest absolute Gasteiger partial charge is 0.491 e. The molecule has 0 amide bonds. The lowest BCUT2D eigenvalue weighted by atomic mass is 9.87. The molecule has 13 heteroatoms. The molecule has 0 radical (unpaired) electrons. The van der Waals surface area contributed by atoms with Crippen LogP contribution < -0.4 is 10.5 Å². The molecule has 0 bridgehead atoms. The fourth-order valence-electron chi connectivity index (χ4n) is 3.67. The average molecular weight is 479 g/mol. The van der Waals surface area contributed by atoms with E-state index < -0.39 is 42.9 Å². The minimum Gasteiger partial charge on any atom is -0.477 e. The number of halogens is 6.